The van der Waals surface area contributed by atoms with Gasteiger partial charge in [0, 0.05) is 0 Å². The minimum Gasteiger partial charge on any atom is -0.395 e. The van der Waals surface area contributed by atoms with Gasteiger partial charge in [0.2, 0.25) is 0 Å². The van der Waals surface area contributed by atoms with E-state index in [4.69, 9.17) is 5.73 Å². The number of alkyl halides is 3. The Morgan fingerprint density at radius 2 is 2.13 bits per heavy atom. The predicted octanol–water partition coefficient (Wildman–Crippen LogP) is 2.74. The molecule has 0 aliphatic carbocycles. The van der Waals surface area contributed by atoms with Crippen LogP contribution in [0.3, 0.4) is 0 Å². The van der Waals surface area contributed by atoms with E-state index in [9.17, 15) is 13.2 Å². The molecule has 0 aromatic carbocycles. The van der Waals surface area contributed by atoms with Gasteiger partial charge in [-0.1, -0.05) is 6.07 Å². The third-order valence-corrected chi connectivity index (χ3v) is 2.72. The van der Waals surface area contributed by atoms with Crippen molar-refractivity contribution >= 4 is 17.0 Å². The van der Waals surface area contributed by atoms with Crippen LogP contribution in [0.1, 0.15) is 5.69 Å². The molecule has 0 unspecified atom stereocenters. The van der Waals surface area contributed by atoms with E-state index in [-0.39, 0.29) is 11.4 Å². The minimum atomic E-state index is -4.49. The molecule has 2 rings (SSSR count). The van der Waals surface area contributed by atoms with Crippen LogP contribution >= 0.6 is 11.3 Å². The van der Waals surface area contributed by atoms with Crippen LogP contribution in [0.2, 0.25) is 0 Å². The molecule has 7 heteroatoms. The maximum atomic E-state index is 12.4. The average molecular weight is 233 g/mol. The first kappa shape index (κ1) is 10.0. The first-order valence-electron chi connectivity index (χ1n) is 3.95. The summed E-state index contributed by atoms with van der Waals surface area (Å²) in [6.45, 7) is 0. The standard InChI is InChI=1S/C8H6F3N3S/c9-8(10,11)7-5(12)6(13-14-7)4-2-1-3-15-4/h1-3H,12H2,(H,13,14). The lowest BCUT2D eigenvalue weighted by Gasteiger charge is -2.03. The highest BCUT2D eigenvalue weighted by Gasteiger charge is 2.36. The second kappa shape index (κ2) is 3.27. The molecule has 2 heterocycles. The molecule has 3 nitrogen and oxygen atoms in total. The highest BCUT2D eigenvalue weighted by molar-refractivity contribution is 7.13. The summed E-state index contributed by atoms with van der Waals surface area (Å²) in [5.41, 5.74) is 4.17. The van der Waals surface area contributed by atoms with Crippen LogP contribution in [-0.4, -0.2) is 10.2 Å². The van der Waals surface area contributed by atoms with E-state index in [1.807, 2.05) is 5.10 Å². The zero-order valence-electron chi connectivity index (χ0n) is 7.30. The van der Waals surface area contributed by atoms with Crippen molar-refractivity contribution in [2.45, 2.75) is 6.18 Å². The molecule has 0 radical (unpaired) electrons. The van der Waals surface area contributed by atoms with Crippen molar-refractivity contribution in [3.63, 3.8) is 0 Å². The van der Waals surface area contributed by atoms with Crippen LogP contribution in [0.5, 0.6) is 0 Å². The van der Waals surface area contributed by atoms with Crippen LogP contribution in [0.4, 0.5) is 18.9 Å². The Morgan fingerprint density at radius 3 is 2.60 bits per heavy atom. The number of nitrogens with two attached hydrogens (primary N) is 1. The molecular weight excluding hydrogens is 227 g/mol. The molecule has 0 aliphatic rings. The number of rotatable bonds is 1. The van der Waals surface area contributed by atoms with Gasteiger partial charge in [-0.25, -0.2) is 0 Å². The highest BCUT2D eigenvalue weighted by atomic mass is 32.1. The highest BCUT2D eigenvalue weighted by Crippen LogP contribution is 2.37. The molecule has 3 N–H and O–H groups in total. The number of hydrogen-bond acceptors (Lipinski definition) is 3. The van der Waals surface area contributed by atoms with Gasteiger partial charge in [0.05, 0.1) is 10.6 Å². The largest absolute Gasteiger partial charge is 0.434 e. The second-order valence-corrected chi connectivity index (χ2v) is 3.78. The third kappa shape index (κ3) is 1.70. The summed E-state index contributed by atoms with van der Waals surface area (Å²) < 4.78 is 37.1. The summed E-state index contributed by atoms with van der Waals surface area (Å²) in [5, 5.41) is 7.22. The van der Waals surface area contributed by atoms with E-state index >= 15 is 0 Å². The molecule has 2 aromatic rings. The molecule has 80 valence electrons. The van der Waals surface area contributed by atoms with E-state index in [1.165, 1.54) is 11.3 Å². The van der Waals surface area contributed by atoms with E-state index in [1.54, 1.807) is 17.5 Å². The van der Waals surface area contributed by atoms with Crippen molar-refractivity contribution in [2.24, 2.45) is 0 Å². The Bertz CT molecular complexity index is 458. The fourth-order valence-electron chi connectivity index (χ4n) is 1.17. The van der Waals surface area contributed by atoms with E-state index in [2.05, 4.69) is 5.10 Å². The van der Waals surface area contributed by atoms with E-state index in [0.717, 1.165) is 0 Å². The van der Waals surface area contributed by atoms with Crippen molar-refractivity contribution in [1.29, 1.82) is 0 Å². The molecule has 0 amide bonds. The molecule has 0 aliphatic heterocycles. The molecule has 0 saturated carbocycles. The van der Waals surface area contributed by atoms with Crippen LogP contribution < -0.4 is 5.73 Å². The summed E-state index contributed by atoms with van der Waals surface area (Å²) in [6.07, 6.45) is -4.49. The maximum Gasteiger partial charge on any atom is 0.434 e. The number of aromatic amines is 1. The van der Waals surface area contributed by atoms with Crippen molar-refractivity contribution in [1.82, 2.24) is 10.2 Å². The number of halogens is 3. The van der Waals surface area contributed by atoms with Gasteiger partial charge in [-0.3, -0.25) is 5.10 Å². The Kier molecular flexibility index (Phi) is 2.18. The van der Waals surface area contributed by atoms with Gasteiger partial charge in [0.15, 0.2) is 5.69 Å². The molecule has 2 aromatic heterocycles. The number of nitrogens with zero attached hydrogens (tertiary/aromatic N) is 1. The molecule has 0 saturated heterocycles. The number of nitrogens with one attached hydrogen (secondary N) is 1. The quantitative estimate of drug-likeness (QED) is 0.795. The zero-order chi connectivity index (χ0) is 11.1. The lowest BCUT2D eigenvalue weighted by atomic mass is 10.2. The summed E-state index contributed by atoms with van der Waals surface area (Å²) in [7, 11) is 0. The van der Waals surface area contributed by atoms with Crippen LogP contribution in [0.15, 0.2) is 17.5 Å². The molecular formula is C8H6F3N3S. The summed E-state index contributed by atoms with van der Waals surface area (Å²) in [5.74, 6) is 0. The summed E-state index contributed by atoms with van der Waals surface area (Å²) in [4.78, 5) is 0.610. The lowest BCUT2D eigenvalue weighted by Crippen LogP contribution is -2.08. The van der Waals surface area contributed by atoms with Gasteiger partial charge >= 0.3 is 6.18 Å². The van der Waals surface area contributed by atoms with Gasteiger partial charge in [-0.2, -0.15) is 18.3 Å². The number of H-pyrrole nitrogens is 1. The van der Waals surface area contributed by atoms with Crippen molar-refractivity contribution in [3.05, 3.63) is 23.2 Å². The van der Waals surface area contributed by atoms with Gasteiger partial charge in [0.1, 0.15) is 5.69 Å². The summed E-state index contributed by atoms with van der Waals surface area (Å²) >= 11 is 1.28. The molecule has 0 atom stereocenters. The average Bonchev–Trinajstić information content (AvgIpc) is 2.69. The Morgan fingerprint density at radius 1 is 1.40 bits per heavy atom. The van der Waals surface area contributed by atoms with Crippen molar-refractivity contribution < 1.29 is 13.2 Å². The first-order valence-corrected chi connectivity index (χ1v) is 4.83. The monoisotopic (exact) mass is 233 g/mol. The maximum absolute atomic E-state index is 12.4. The number of aromatic nitrogens is 2. The van der Waals surface area contributed by atoms with Gasteiger partial charge in [0.25, 0.3) is 0 Å². The predicted molar refractivity (Wildman–Crippen MR) is 51.3 cm³/mol. The number of thiophene rings is 1. The summed E-state index contributed by atoms with van der Waals surface area (Å²) in [6, 6.07) is 3.39. The van der Waals surface area contributed by atoms with Crippen LogP contribution in [0.25, 0.3) is 10.6 Å². The second-order valence-electron chi connectivity index (χ2n) is 2.84. The van der Waals surface area contributed by atoms with Crippen molar-refractivity contribution in [2.75, 3.05) is 5.73 Å². The molecule has 0 spiro atoms. The number of hydrogen-bond donors (Lipinski definition) is 2. The van der Waals surface area contributed by atoms with Gasteiger partial charge in [-0.15, -0.1) is 11.3 Å². The normalized spacial score (nSPS) is 11.9. The SMILES string of the molecule is Nc1c(-c2cccs2)n[nH]c1C(F)(F)F. The van der Waals surface area contributed by atoms with Crippen molar-refractivity contribution in [3.8, 4) is 10.6 Å². The van der Waals surface area contributed by atoms with Crippen LogP contribution in [-0.2, 0) is 6.18 Å². The lowest BCUT2D eigenvalue weighted by molar-refractivity contribution is -0.140. The van der Waals surface area contributed by atoms with Crippen LogP contribution in [0, 0.1) is 0 Å². The van der Waals surface area contributed by atoms with Gasteiger partial charge < -0.3 is 5.73 Å². The smallest absolute Gasteiger partial charge is 0.395 e. The molecule has 0 bridgehead atoms. The molecule has 0 fully saturated rings. The number of nitrogen functional groups attached to an aromatic ring is 1. The zero-order valence-corrected chi connectivity index (χ0v) is 8.12. The fraction of sp³-hybridized carbons (Fsp3) is 0.125. The topological polar surface area (TPSA) is 54.7 Å². The van der Waals surface area contributed by atoms with E-state index in [0.29, 0.717) is 4.88 Å². The Hall–Kier alpha value is -1.50. The molecule has 15 heavy (non-hydrogen) atoms. The Labute approximate surface area is 86.7 Å². The fourth-order valence-corrected chi connectivity index (χ4v) is 1.90. The Balaban J connectivity index is 2.50. The van der Waals surface area contributed by atoms with Gasteiger partial charge in [-0.05, 0) is 11.4 Å². The number of anilines is 1. The van der Waals surface area contributed by atoms with E-state index < -0.39 is 11.9 Å². The minimum absolute atomic E-state index is 0.150. The first-order chi connectivity index (χ1) is 7.00. The third-order valence-electron chi connectivity index (χ3n) is 1.84.